The summed E-state index contributed by atoms with van der Waals surface area (Å²) < 4.78 is 10.4. The second-order valence-electron chi connectivity index (χ2n) is 7.75. The van der Waals surface area contributed by atoms with Crippen LogP contribution in [0.4, 0.5) is 0 Å². The minimum absolute atomic E-state index is 0.0876. The van der Waals surface area contributed by atoms with Gasteiger partial charge in [0.1, 0.15) is 5.75 Å². The van der Waals surface area contributed by atoms with E-state index in [1.165, 1.54) is 5.56 Å². The number of methoxy groups -OCH3 is 1. The highest BCUT2D eigenvalue weighted by Crippen LogP contribution is 2.27. The van der Waals surface area contributed by atoms with Gasteiger partial charge in [0.25, 0.3) is 5.91 Å². The number of nitrogens with zero attached hydrogens (tertiary/aromatic N) is 4. The Morgan fingerprint density at radius 1 is 1.09 bits per heavy atom. The van der Waals surface area contributed by atoms with Crippen molar-refractivity contribution in [1.82, 2.24) is 19.9 Å². The van der Waals surface area contributed by atoms with Gasteiger partial charge in [0.2, 0.25) is 5.89 Å². The fourth-order valence-electron chi connectivity index (χ4n) is 3.73. The van der Waals surface area contributed by atoms with Crippen LogP contribution in [0.5, 0.6) is 5.75 Å². The minimum atomic E-state index is 0.0876. The lowest BCUT2D eigenvalue weighted by molar-refractivity contribution is 0.0635. The maximum atomic E-state index is 13.2. The molecule has 1 amide bonds. The van der Waals surface area contributed by atoms with Gasteiger partial charge >= 0.3 is 0 Å². The Bertz CT molecular complexity index is 1030. The van der Waals surface area contributed by atoms with Crippen LogP contribution in [0.15, 0.2) is 57.9 Å². The number of carbonyl (C=O) groups is 1. The van der Waals surface area contributed by atoms with E-state index in [0.717, 1.165) is 55.4 Å². The first-order valence-corrected chi connectivity index (χ1v) is 11.8. The van der Waals surface area contributed by atoms with Crippen LogP contribution in [0.25, 0.3) is 0 Å². The molecule has 0 spiro atoms. The molecular weight excluding hydrogens is 424 g/mol. The van der Waals surface area contributed by atoms with Crippen LogP contribution in [0.2, 0.25) is 0 Å². The molecule has 0 unspecified atom stereocenters. The average molecular weight is 453 g/mol. The lowest BCUT2D eigenvalue weighted by Crippen LogP contribution is -2.49. The summed E-state index contributed by atoms with van der Waals surface area (Å²) in [5.74, 6) is 2.70. The quantitative estimate of drug-likeness (QED) is 0.483. The molecule has 0 radical (unpaired) electrons. The summed E-state index contributed by atoms with van der Waals surface area (Å²) in [6.07, 6.45) is 0.993. The van der Waals surface area contributed by atoms with Crippen molar-refractivity contribution < 1.29 is 14.1 Å². The molecule has 32 heavy (non-hydrogen) atoms. The lowest BCUT2D eigenvalue weighted by Gasteiger charge is -2.35. The number of hydrogen-bond acceptors (Lipinski definition) is 7. The van der Waals surface area contributed by atoms with Crippen molar-refractivity contribution in [2.24, 2.45) is 0 Å². The molecule has 0 bridgehead atoms. The topological polar surface area (TPSA) is 71.7 Å². The van der Waals surface area contributed by atoms with Crippen molar-refractivity contribution >= 4 is 17.7 Å². The number of carbonyl (C=O) groups excluding carboxylic acids is 1. The lowest BCUT2D eigenvalue weighted by atomic mass is 10.1. The largest absolute Gasteiger partial charge is 0.497 e. The summed E-state index contributed by atoms with van der Waals surface area (Å²) in [5, 5.41) is 3.82. The summed E-state index contributed by atoms with van der Waals surface area (Å²) in [6, 6.07) is 16.0. The SMILES string of the molecule is COc1ccc(CCN2CCN(C(=O)c3ccccc3SCc3nc(C)no3)CC2)cc1. The number of rotatable bonds is 8. The standard InChI is InChI=1S/C24H28N4O3S/c1-18-25-23(31-26-18)17-32-22-6-4-3-5-21(22)24(29)28-15-13-27(14-16-28)12-11-19-7-9-20(30-2)10-8-19/h3-10H,11-17H2,1-2H3. The Kier molecular flexibility index (Phi) is 7.44. The van der Waals surface area contributed by atoms with Crippen LogP contribution in [-0.4, -0.2) is 65.7 Å². The van der Waals surface area contributed by atoms with Crippen LogP contribution in [0.1, 0.15) is 27.6 Å². The van der Waals surface area contributed by atoms with Gasteiger partial charge in [-0.15, -0.1) is 11.8 Å². The second-order valence-corrected chi connectivity index (χ2v) is 8.77. The third-order valence-electron chi connectivity index (χ3n) is 5.57. The molecule has 1 saturated heterocycles. The first-order valence-electron chi connectivity index (χ1n) is 10.8. The summed E-state index contributed by atoms with van der Waals surface area (Å²) in [7, 11) is 1.68. The molecule has 2 aromatic carbocycles. The molecule has 3 aromatic rings. The van der Waals surface area contributed by atoms with Crippen molar-refractivity contribution in [1.29, 1.82) is 0 Å². The van der Waals surface area contributed by atoms with Crippen molar-refractivity contribution in [3.8, 4) is 5.75 Å². The molecule has 1 aliphatic heterocycles. The van der Waals surface area contributed by atoms with E-state index in [1.807, 2.05) is 41.3 Å². The zero-order valence-electron chi connectivity index (χ0n) is 18.5. The molecule has 0 N–H and O–H groups in total. The Morgan fingerprint density at radius 3 is 2.53 bits per heavy atom. The Morgan fingerprint density at radius 2 is 1.84 bits per heavy atom. The summed E-state index contributed by atoms with van der Waals surface area (Å²) in [5.41, 5.74) is 2.03. The van der Waals surface area contributed by atoms with Gasteiger partial charge in [0.15, 0.2) is 5.82 Å². The van der Waals surface area contributed by atoms with Crippen molar-refractivity contribution in [3.63, 3.8) is 0 Å². The zero-order valence-corrected chi connectivity index (χ0v) is 19.3. The Balaban J connectivity index is 1.29. The fraction of sp³-hybridized carbons (Fsp3) is 0.375. The van der Waals surface area contributed by atoms with Crippen molar-refractivity contribution in [2.45, 2.75) is 24.0 Å². The number of hydrogen-bond donors (Lipinski definition) is 0. The van der Waals surface area contributed by atoms with Gasteiger partial charge in [0, 0.05) is 37.6 Å². The molecule has 168 valence electrons. The number of aromatic nitrogens is 2. The second kappa shape index (κ2) is 10.7. The van der Waals surface area contributed by atoms with Gasteiger partial charge in [0.05, 0.1) is 18.4 Å². The van der Waals surface area contributed by atoms with E-state index in [1.54, 1.807) is 25.8 Å². The summed E-state index contributed by atoms with van der Waals surface area (Å²) in [4.78, 5) is 22.8. The molecule has 7 nitrogen and oxygen atoms in total. The van der Waals surface area contributed by atoms with E-state index in [4.69, 9.17) is 9.26 Å². The van der Waals surface area contributed by atoms with Crippen LogP contribution in [0, 0.1) is 6.92 Å². The van der Waals surface area contributed by atoms with Crippen LogP contribution >= 0.6 is 11.8 Å². The predicted octanol–water partition coefficient (Wildman–Crippen LogP) is 3.68. The normalized spacial score (nSPS) is 14.5. The molecule has 0 saturated carbocycles. The highest BCUT2D eigenvalue weighted by atomic mass is 32.2. The Hall–Kier alpha value is -2.84. The highest BCUT2D eigenvalue weighted by molar-refractivity contribution is 7.98. The fourth-order valence-corrected chi connectivity index (χ4v) is 4.61. The molecule has 1 fully saturated rings. The molecule has 0 atom stereocenters. The maximum absolute atomic E-state index is 13.2. The predicted molar refractivity (Wildman–Crippen MR) is 124 cm³/mol. The number of amides is 1. The van der Waals surface area contributed by atoms with Crippen LogP contribution in [0.3, 0.4) is 0 Å². The molecule has 1 aliphatic rings. The first kappa shape index (κ1) is 22.4. The summed E-state index contributed by atoms with van der Waals surface area (Å²) >= 11 is 1.55. The van der Waals surface area contributed by atoms with E-state index >= 15 is 0 Å². The molecule has 1 aromatic heterocycles. The van der Waals surface area contributed by atoms with Crippen LogP contribution < -0.4 is 4.74 Å². The third-order valence-corrected chi connectivity index (χ3v) is 6.63. The van der Waals surface area contributed by atoms with E-state index < -0.39 is 0 Å². The van der Waals surface area contributed by atoms with Gasteiger partial charge in [-0.3, -0.25) is 9.69 Å². The van der Waals surface area contributed by atoms with Crippen molar-refractivity contribution in [2.75, 3.05) is 39.8 Å². The van der Waals surface area contributed by atoms with E-state index in [-0.39, 0.29) is 5.91 Å². The average Bonchev–Trinajstić information content (AvgIpc) is 3.27. The van der Waals surface area contributed by atoms with Gasteiger partial charge in [-0.05, 0) is 43.2 Å². The van der Waals surface area contributed by atoms with Gasteiger partial charge in [-0.2, -0.15) is 4.98 Å². The molecule has 2 heterocycles. The van der Waals surface area contributed by atoms with Crippen LogP contribution in [-0.2, 0) is 12.2 Å². The molecule has 0 aliphatic carbocycles. The van der Waals surface area contributed by atoms with Gasteiger partial charge in [-0.25, -0.2) is 0 Å². The number of benzene rings is 2. The van der Waals surface area contributed by atoms with Gasteiger partial charge in [-0.1, -0.05) is 29.4 Å². The third kappa shape index (κ3) is 5.69. The monoisotopic (exact) mass is 452 g/mol. The minimum Gasteiger partial charge on any atom is -0.497 e. The highest BCUT2D eigenvalue weighted by Gasteiger charge is 2.24. The number of piperazine rings is 1. The first-order chi connectivity index (χ1) is 15.6. The Labute approximate surface area is 192 Å². The van der Waals surface area contributed by atoms with E-state index in [2.05, 4.69) is 27.2 Å². The van der Waals surface area contributed by atoms with E-state index in [0.29, 0.717) is 17.5 Å². The van der Waals surface area contributed by atoms with E-state index in [9.17, 15) is 4.79 Å². The van der Waals surface area contributed by atoms with Crippen molar-refractivity contribution in [3.05, 3.63) is 71.4 Å². The molecule has 4 rings (SSSR count). The number of aryl methyl sites for hydroxylation is 1. The zero-order chi connectivity index (χ0) is 22.3. The molecule has 8 heteroatoms. The smallest absolute Gasteiger partial charge is 0.255 e. The maximum Gasteiger partial charge on any atom is 0.255 e. The van der Waals surface area contributed by atoms with Gasteiger partial charge < -0.3 is 14.2 Å². The number of thioether (sulfide) groups is 1. The molecular formula is C24H28N4O3S. The summed E-state index contributed by atoms with van der Waals surface area (Å²) in [6.45, 7) is 6.04. The number of ether oxygens (including phenoxy) is 1.